The highest BCUT2D eigenvalue weighted by atomic mass is 19.4. The molecular weight excluding hydrogens is 381 g/mol. The van der Waals surface area contributed by atoms with Crippen molar-refractivity contribution in [3.05, 3.63) is 59.7 Å². The monoisotopic (exact) mass is 408 g/mol. The number of hydrogen-bond acceptors (Lipinski definition) is 3. The van der Waals surface area contributed by atoms with Crippen LogP contribution in [0.3, 0.4) is 0 Å². The maximum absolute atomic E-state index is 12.6. The zero-order valence-corrected chi connectivity index (χ0v) is 16.5. The summed E-state index contributed by atoms with van der Waals surface area (Å²) in [5.41, 5.74) is 1.67. The first-order chi connectivity index (χ1) is 13.8. The smallest absolute Gasteiger partial charge is 0.418 e. The van der Waals surface area contributed by atoms with E-state index in [-0.39, 0.29) is 11.5 Å². The van der Waals surface area contributed by atoms with Crippen LogP contribution in [0.1, 0.15) is 67.5 Å². The molecule has 0 aliphatic heterocycles. The van der Waals surface area contributed by atoms with Crippen LogP contribution in [0.2, 0.25) is 0 Å². The molecule has 0 heterocycles. The Kier molecular flexibility index (Phi) is 8.70. The third kappa shape index (κ3) is 7.20. The fraction of sp³-hybridized carbons (Fsp3) is 0.435. The van der Waals surface area contributed by atoms with Gasteiger partial charge in [-0.15, -0.1) is 0 Å². The number of aliphatic hydroxyl groups excluding tert-OH is 1. The maximum atomic E-state index is 12.6. The number of ether oxygens (including phenoxy) is 1. The number of esters is 1. The van der Waals surface area contributed by atoms with Crippen LogP contribution >= 0.6 is 0 Å². The number of benzene rings is 2. The van der Waals surface area contributed by atoms with Gasteiger partial charge < -0.3 is 9.84 Å². The summed E-state index contributed by atoms with van der Waals surface area (Å²) >= 11 is 0. The average molecular weight is 408 g/mol. The highest BCUT2D eigenvalue weighted by molar-refractivity contribution is 5.90. The molecule has 1 unspecified atom stereocenters. The fourth-order valence-corrected chi connectivity index (χ4v) is 2.98. The standard InChI is InChI=1S/C23H27F3O3/c1-2-3-4-5-6-7-16-29-22(28)20-14-10-18(11-15-20)17-8-12-19(13-9-17)21(27)23(24,25)26/h8-15,21,27H,2-7,16H2,1H3. The lowest BCUT2D eigenvalue weighted by Gasteiger charge is -2.15. The highest BCUT2D eigenvalue weighted by Crippen LogP contribution is 2.33. The Morgan fingerprint density at radius 3 is 1.97 bits per heavy atom. The van der Waals surface area contributed by atoms with Gasteiger partial charge in [-0.25, -0.2) is 4.79 Å². The minimum Gasteiger partial charge on any atom is -0.462 e. The van der Waals surface area contributed by atoms with Crippen LogP contribution < -0.4 is 0 Å². The van der Waals surface area contributed by atoms with Gasteiger partial charge in [-0.1, -0.05) is 75.4 Å². The van der Waals surface area contributed by atoms with E-state index in [0.717, 1.165) is 24.8 Å². The van der Waals surface area contributed by atoms with Crippen LogP contribution in [0.4, 0.5) is 13.2 Å². The molecule has 0 aliphatic carbocycles. The topological polar surface area (TPSA) is 46.5 Å². The van der Waals surface area contributed by atoms with Crippen molar-refractivity contribution in [2.24, 2.45) is 0 Å². The van der Waals surface area contributed by atoms with E-state index in [4.69, 9.17) is 4.74 Å². The van der Waals surface area contributed by atoms with E-state index in [1.54, 1.807) is 24.3 Å². The Morgan fingerprint density at radius 2 is 1.41 bits per heavy atom. The first-order valence-electron chi connectivity index (χ1n) is 9.95. The molecule has 1 atom stereocenters. The molecule has 0 spiro atoms. The van der Waals surface area contributed by atoms with E-state index in [9.17, 15) is 23.1 Å². The van der Waals surface area contributed by atoms with Crippen LogP contribution in [0.15, 0.2) is 48.5 Å². The number of halogens is 3. The number of rotatable bonds is 10. The lowest BCUT2D eigenvalue weighted by molar-refractivity contribution is -0.206. The van der Waals surface area contributed by atoms with Crippen LogP contribution in [0.25, 0.3) is 11.1 Å². The second-order valence-corrected chi connectivity index (χ2v) is 7.05. The van der Waals surface area contributed by atoms with Crippen molar-refractivity contribution in [1.29, 1.82) is 0 Å². The quantitative estimate of drug-likeness (QED) is 0.362. The predicted molar refractivity (Wildman–Crippen MR) is 107 cm³/mol. The van der Waals surface area contributed by atoms with E-state index in [1.807, 2.05) is 0 Å². The summed E-state index contributed by atoms with van der Waals surface area (Å²) < 4.78 is 43.0. The van der Waals surface area contributed by atoms with Crippen molar-refractivity contribution in [3.8, 4) is 11.1 Å². The van der Waals surface area contributed by atoms with Gasteiger partial charge in [0, 0.05) is 0 Å². The van der Waals surface area contributed by atoms with Gasteiger partial charge in [-0.3, -0.25) is 0 Å². The molecule has 2 rings (SSSR count). The summed E-state index contributed by atoms with van der Waals surface area (Å²) in [6, 6.07) is 12.2. The van der Waals surface area contributed by atoms with E-state index >= 15 is 0 Å². The Bertz CT molecular complexity index is 752. The molecule has 6 heteroatoms. The normalized spacial score (nSPS) is 12.6. The Morgan fingerprint density at radius 1 is 0.897 bits per heavy atom. The van der Waals surface area contributed by atoms with Gasteiger partial charge in [0.05, 0.1) is 12.2 Å². The fourth-order valence-electron chi connectivity index (χ4n) is 2.98. The second kappa shape index (κ2) is 11.0. The van der Waals surface area contributed by atoms with Gasteiger partial charge in [-0.05, 0) is 35.2 Å². The largest absolute Gasteiger partial charge is 0.462 e. The van der Waals surface area contributed by atoms with E-state index in [1.165, 1.54) is 43.5 Å². The maximum Gasteiger partial charge on any atom is 0.418 e. The molecule has 0 fully saturated rings. The van der Waals surface area contributed by atoms with Crippen molar-refractivity contribution in [1.82, 2.24) is 0 Å². The third-order valence-corrected chi connectivity index (χ3v) is 4.72. The van der Waals surface area contributed by atoms with Crippen molar-refractivity contribution in [3.63, 3.8) is 0 Å². The van der Waals surface area contributed by atoms with Crippen molar-refractivity contribution in [2.75, 3.05) is 6.61 Å². The zero-order chi connectivity index (χ0) is 21.3. The molecule has 158 valence electrons. The molecule has 0 saturated heterocycles. The molecule has 0 bridgehead atoms. The van der Waals surface area contributed by atoms with Gasteiger partial charge >= 0.3 is 12.1 Å². The van der Waals surface area contributed by atoms with Crippen LogP contribution in [0, 0.1) is 0 Å². The minimum absolute atomic E-state index is 0.212. The number of alkyl halides is 3. The van der Waals surface area contributed by atoms with Gasteiger partial charge in [-0.2, -0.15) is 13.2 Å². The molecule has 0 aromatic heterocycles. The number of aliphatic hydroxyl groups is 1. The summed E-state index contributed by atoms with van der Waals surface area (Å²) in [7, 11) is 0. The molecule has 2 aromatic carbocycles. The summed E-state index contributed by atoms with van der Waals surface area (Å²) in [5, 5.41) is 9.28. The number of hydrogen-bond donors (Lipinski definition) is 1. The molecule has 0 amide bonds. The van der Waals surface area contributed by atoms with Gasteiger partial charge in [0.2, 0.25) is 0 Å². The van der Waals surface area contributed by atoms with Crippen LogP contribution in [0.5, 0.6) is 0 Å². The summed E-state index contributed by atoms with van der Waals surface area (Å²) in [6.07, 6.45) is -0.502. The molecule has 1 N–H and O–H groups in total. The third-order valence-electron chi connectivity index (χ3n) is 4.72. The number of unbranched alkanes of at least 4 members (excludes halogenated alkanes) is 5. The summed E-state index contributed by atoms with van der Waals surface area (Å²) in [4.78, 5) is 12.1. The van der Waals surface area contributed by atoms with Crippen molar-refractivity contribution < 1.29 is 27.8 Å². The second-order valence-electron chi connectivity index (χ2n) is 7.05. The minimum atomic E-state index is -4.70. The summed E-state index contributed by atoms with van der Waals surface area (Å²) in [5.74, 6) is -0.381. The molecule has 0 saturated carbocycles. The molecule has 0 aliphatic rings. The van der Waals surface area contributed by atoms with E-state index in [0.29, 0.717) is 17.7 Å². The predicted octanol–water partition coefficient (Wildman–Crippen LogP) is 6.47. The first kappa shape index (κ1) is 22.9. The molecule has 0 radical (unpaired) electrons. The molecule has 29 heavy (non-hydrogen) atoms. The number of carbonyl (C=O) groups excluding carboxylic acids is 1. The highest BCUT2D eigenvalue weighted by Gasteiger charge is 2.39. The van der Waals surface area contributed by atoms with Crippen molar-refractivity contribution in [2.45, 2.75) is 57.7 Å². The Balaban J connectivity index is 1.87. The lowest BCUT2D eigenvalue weighted by Crippen LogP contribution is -2.19. The van der Waals surface area contributed by atoms with Crippen molar-refractivity contribution >= 4 is 5.97 Å². The number of carbonyl (C=O) groups is 1. The van der Waals surface area contributed by atoms with E-state index in [2.05, 4.69) is 6.92 Å². The summed E-state index contributed by atoms with van der Waals surface area (Å²) in [6.45, 7) is 2.57. The van der Waals surface area contributed by atoms with Gasteiger partial charge in [0.25, 0.3) is 0 Å². The first-order valence-corrected chi connectivity index (χ1v) is 9.95. The SMILES string of the molecule is CCCCCCCCOC(=O)c1ccc(-c2ccc(C(O)C(F)(F)F)cc2)cc1. The van der Waals surface area contributed by atoms with Gasteiger partial charge in [0.1, 0.15) is 0 Å². The Labute approximate surface area is 169 Å². The van der Waals surface area contributed by atoms with E-state index < -0.39 is 12.3 Å². The molecule has 3 nitrogen and oxygen atoms in total. The van der Waals surface area contributed by atoms with Crippen LogP contribution in [-0.4, -0.2) is 23.9 Å². The molecule has 2 aromatic rings. The zero-order valence-electron chi connectivity index (χ0n) is 16.5. The average Bonchev–Trinajstić information content (AvgIpc) is 2.72. The van der Waals surface area contributed by atoms with Gasteiger partial charge in [0.15, 0.2) is 6.10 Å². The lowest BCUT2D eigenvalue weighted by atomic mass is 10.0. The molecular formula is C23H27F3O3. The van der Waals surface area contributed by atoms with Crippen LogP contribution in [-0.2, 0) is 4.74 Å². The Hall–Kier alpha value is -2.34.